The lowest BCUT2D eigenvalue weighted by molar-refractivity contribution is 0.474. The Morgan fingerprint density at radius 2 is 1.95 bits per heavy atom. The molecule has 0 fully saturated rings. The summed E-state index contributed by atoms with van der Waals surface area (Å²) in [5.74, 6) is 1.53. The summed E-state index contributed by atoms with van der Waals surface area (Å²) in [6.45, 7) is 0. The average Bonchev–Trinajstić information content (AvgIpc) is 2.95. The minimum Gasteiger partial charge on any atom is -0.508 e. The summed E-state index contributed by atoms with van der Waals surface area (Å²) in [6.07, 6.45) is 1.65. The molecule has 3 rings (SSSR count). The second-order valence-electron chi connectivity index (χ2n) is 4.44. The van der Waals surface area contributed by atoms with Crippen molar-refractivity contribution in [3.05, 3.63) is 65.5 Å². The summed E-state index contributed by atoms with van der Waals surface area (Å²) in [5, 5.41) is 10.1. The first kappa shape index (κ1) is 14.0. The van der Waals surface area contributed by atoms with Gasteiger partial charge in [-0.25, -0.2) is 4.98 Å². The monoisotopic (exact) mass is 317 g/mol. The van der Waals surface area contributed by atoms with Gasteiger partial charge in [-0.3, -0.25) is 0 Å². The van der Waals surface area contributed by atoms with Gasteiger partial charge in [0.15, 0.2) is 0 Å². The molecular formula is C16H12ClNO2S. The molecule has 3 nitrogen and oxygen atoms in total. The van der Waals surface area contributed by atoms with Gasteiger partial charge < -0.3 is 9.52 Å². The fraction of sp³-hybridized carbons (Fsp3) is 0.0625. The fourth-order valence-corrected chi connectivity index (χ4v) is 2.78. The molecule has 0 saturated heterocycles. The first-order chi connectivity index (χ1) is 10.2. The summed E-state index contributed by atoms with van der Waals surface area (Å²) in [4.78, 5) is 5.45. The molecule has 0 aliphatic heterocycles. The van der Waals surface area contributed by atoms with Gasteiger partial charge in [-0.1, -0.05) is 17.7 Å². The molecule has 1 N–H and O–H groups in total. The van der Waals surface area contributed by atoms with Crippen molar-refractivity contribution in [2.24, 2.45) is 0 Å². The van der Waals surface area contributed by atoms with Crippen LogP contribution in [0.3, 0.4) is 0 Å². The van der Waals surface area contributed by atoms with E-state index in [-0.39, 0.29) is 5.75 Å². The zero-order valence-electron chi connectivity index (χ0n) is 11.0. The third kappa shape index (κ3) is 3.60. The lowest BCUT2D eigenvalue weighted by Crippen LogP contribution is -1.82. The van der Waals surface area contributed by atoms with E-state index in [4.69, 9.17) is 16.0 Å². The van der Waals surface area contributed by atoms with Crippen LogP contribution in [0.1, 0.15) is 5.69 Å². The maximum atomic E-state index is 9.43. The van der Waals surface area contributed by atoms with Gasteiger partial charge in [-0.2, -0.15) is 0 Å². The summed E-state index contributed by atoms with van der Waals surface area (Å²) in [7, 11) is 0. The number of aromatic hydroxyl groups is 1. The normalized spacial score (nSPS) is 10.7. The Morgan fingerprint density at radius 1 is 1.14 bits per heavy atom. The van der Waals surface area contributed by atoms with E-state index in [9.17, 15) is 5.11 Å². The molecule has 0 spiro atoms. The molecule has 1 aromatic heterocycles. The minimum absolute atomic E-state index is 0.266. The number of hydrogen-bond acceptors (Lipinski definition) is 4. The first-order valence-corrected chi connectivity index (χ1v) is 7.69. The summed E-state index contributed by atoms with van der Waals surface area (Å²) < 4.78 is 5.49. The Hall–Kier alpha value is -1.91. The van der Waals surface area contributed by atoms with Gasteiger partial charge in [-0.05, 0) is 42.5 Å². The molecule has 2 aromatic carbocycles. The molecular weight excluding hydrogens is 306 g/mol. The molecule has 0 aliphatic carbocycles. The number of rotatable bonds is 4. The van der Waals surface area contributed by atoms with E-state index in [1.807, 2.05) is 36.4 Å². The molecule has 1 heterocycles. The van der Waals surface area contributed by atoms with E-state index < -0.39 is 0 Å². The maximum Gasteiger partial charge on any atom is 0.226 e. The number of oxazole rings is 1. The van der Waals surface area contributed by atoms with Crippen LogP contribution in [0.25, 0.3) is 11.5 Å². The van der Waals surface area contributed by atoms with Gasteiger partial charge in [0.2, 0.25) is 5.89 Å². The highest BCUT2D eigenvalue weighted by molar-refractivity contribution is 7.98. The molecule has 0 aliphatic rings. The number of aromatic nitrogens is 1. The number of phenols is 1. The van der Waals surface area contributed by atoms with Crippen molar-refractivity contribution in [2.45, 2.75) is 10.6 Å². The Kier molecular flexibility index (Phi) is 4.18. The van der Waals surface area contributed by atoms with E-state index in [2.05, 4.69) is 4.98 Å². The molecule has 0 bridgehead atoms. The zero-order chi connectivity index (χ0) is 14.7. The number of hydrogen-bond donors (Lipinski definition) is 1. The first-order valence-electron chi connectivity index (χ1n) is 6.33. The van der Waals surface area contributed by atoms with E-state index in [0.29, 0.717) is 16.7 Å². The van der Waals surface area contributed by atoms with Crippen LogP contribution in [-0.4, -0.2) is 10.1 Å². The van der Waals surface area contributed by atoms with Crippen molar-refractivity contribution in [3.8, 4) is 17.2 Å². The van der Waals surface area contributed by atoms with Crippen molar-refractivity contribution in [1.29, 1.82) is 0 Å². The largest absolute Gasteiger partial charge is 0.508 e. The third-order valence-electron chi connectivity index (χ3n) is 2.85. The number of nitrogens with zero attached hydrogens (tertiary/aromatic N) is 1. The smallest absolute Gasteiger partial charge is 0.226 e. The second kappa shape index (κ2) is 6.24. The Morgan fingerprint density at radius 3 is 2.71 bits per heavy atom. The van der Waals surface area contributed by atoms with Gasteiger partial charge in [0.1, 0.15) is 12.0 Å². The van der Waals surface area contributed by atoms with Crippen molar-refractivity contribution < 1.29 is 9.52 Å². The lowest BCUT2D eigenvalue weighted by Gasteiger charge is -1.99. The Bertz CT molecular complexity index is 740. The van der Waals surface area contributed by atoms with E-state index in [1.165, 1.54) is 0 Å². The second-order valence-corrected chi connectivity index (χ2v) is 5.92. The summed E-state index contributed by atoms with van der Waals surface area (Å²) in [5.41, 5.74) is 1.75. The quantitative estimate of drug-likeness (QED) is 0.688. The lowest BCUT2D eigenvalue weighted by atomic mass is 10.2. The molecule has 5 heteroatoms. The molecule has 106 valence electrons. The van der Waals surface area contributed by atoms with Crippen LogP contribution < -0.4 is 0 Å². The fourth-order valence-electron chi connectivity index (χ4n) is 1.83. The van der Waals surface area contributed by atoms with Gasteiger partial charge in [0.05, 0.1) is 5.69 Å². The predicted molar refractivity (Wildman–Crippen MR) is 84.6 cm³/mol. The van der Waals surface area contributed by atoms with E-state index in [0.717, 1.165) is 16.2 Å². The molecule has 0 unspecified atom stereocenters. The summed E-state index contributed by atoms with van der Waals surface area (Å²) >= 11 is 7.45. The van der Waals surface area contributed by atoms with Crippen molar-refractivity contribution in [1.82, 2.24) is 4.98 Å². The van der Waals surface area contributed by atoms with Crippen LogP contribution in [-0.2, 0) is 5.75 Å². The van der Waals surface area contributed by atoms with Crippen molar-refractivity contribution >= 4 is 23.4 Å². The highest BCUT2D eigenvalue weighted by Crippen LogP contribution is 2.27. The molecule has 21 heavy (non-hydrogen) atoms. The SMILES string of the molecule is Oc1cccc(SCc2coc(-c3ccc(Cl)cc3)n2)c1. The average molecular weight is 318 g/mol. The van der Waals surface area contributed by atoms with Crippen LogP contribution in [0.15, 0.2) is 64.1 Å². The van der Waals surface area contributed by atoms with Crippen LogP contribution in [0.5, 0.6) is 5.75 Å². The van der Waals surface area contributed by atoms with Crippen molar-refractivity contribution in [3.63, 3.8) is 0 Å². The number of thioether (sulfide) groups is 1. The van der Waals surface area contributed by atoms with Gasteiger partial charge in [0, 0.05) is 21.2 Å². The predicted octanol–water partition coefficient (Wildman–Crippen LogP) is 4.99. The maximum absolute atomic E-state index is 9.43. The van der Waals surface area contributed by atoms with Crippen LogP contribution in [0.4, 0.5) is 0 Å². The Balaban J connectivity index is 1.69. The van der Waals surface area contributed by atoms with Crippen LogP contribution in [0.2, 0.25) is 5.02 Å². The number of benzene rings is 2. The molecule has 0 amide bonds. The minimum atomic E-state index is 0.266. The molecule has 0 saturated carbocycles. The van der Waals surface area contributed by atoms with Gasteiger partial charge in [-0.15, -0.1) is 11.8 Å². The van der Waals surface area contributed by atoms with Crippen molar-refractivity contribution in [2.75, 3.05) is 0 Å². The highest BCUT2D eigenvalue weighted by Gasteiger charge is 2.07. The highest BCUT2D eigenvalue weighted by atomic mass is 35.5. The van der Waals surface area contributed by atoms with Crippen LogP contribution in [0, 0.1) is 0 Å². The third-order valence-corrected chi connectivity index (χ3v) is 4.13. The van der Waals surface area contributed by atoms with Gasteiger partial charge >= 0.3 is 0 Å². The standard InChI is InChI=1S/C16H12ClNO2S/c17-12-6-4-11(5-7-12)16-18-13(9-20-16)10-21-15-3-1-2-14(19)8-15/h1-9,19H,10H2. The van der Waals surface area contributed by atoms with E-state index in [1.54, 1.807) is 30.2 Å². The number of phenolic OH excluding ortho intramolecular Hbond substituents is 1. The number of halogens is 1. The van der Waals surface area contributed by atoms with E-state index >= 15 is 0 Å². The summed E-state index contributed by atoms with van der Waals surface area (Å²) in [6, 6.07) is 14.5. The molecule has 0 radical (unpaired) electrons. The molecule has 3 aromatic rings. The van der Waals surface area contributed by atoms with Gasteiger partial charge in [0.25, 0.3) is 0 Å². The Labute approximate surface area is 131 Å². The zero-order valence-corrected chi connectivity index (χ0v) is 12.6. The topological polar surface area (TPSA) is 46.3 Å². The van der Waals surface area contributed by atoms with Crippen LogP contribution >= 0.6 is 23.4 Å². The molecule has 0 atom stereocenters.